The van der Waals surface area contributed by atoms with E-state index < -0.39 is 0 Å². The third-order valence-corrected chi connectivity index (χ3v) is 3.42. The first kappa shape index (κ1) is 11.4. The van der Waals surface area contributed by atoms with Gasteiger partial charge in [0.1, 0.15) is 5.69 Å². The number of aryl methyl sites for hydroxylation is 2. The van der Waals surface area contributed by atoms with Gasteiger partial charge in [-0.3, -0.25) is 4.68 Å². The van der Waals surface area contributed by atoms with Gasteiger partial charge in [0, 0.05) is 19.2 Å². The number of hydrogen-bond acceptors (Lipinski definition) is 2. The van der Waals surface area contributed by atoms with Crippen LogP contribution in [0.1, 0.15) is 11.3 Å². The van der Waals surface area contributed by atoms with Crippen molar-refractivity contribution in [1.82, 2.24) is 9.78 Å². The van der Waals surface area contributed by atoms with E-state index in [1.165, 1.54) is 5.56 Å². The Kier molecular flexibility index (Phi) is 3.12. The van der Waals surface area contributed by atoms with Gasteiger partial charge in [-0.05, 0) is 28.9 Å². The lowest BCUT2D eigenvalue weighted by atomic mass is 10.1. The van der Waals surface area contributed by atoms with E-state index in [1.807, 2.05) is 17.8 Å². The second-order valence-electron chi connectivity index (χ2n) is 3.81. The van der Waals surface area contributed by atoms with Crippen molar-refractivity contribution in [2.24, 2.45) is 12.8 Å². The summed E-state index contributed by atoms with van der Waals surface area (Å²) in [6, 6.07) is 8.28. The Morgan fingerprint density at radius 2 is 2.19 bits per heavy atom. The fourth-order valence-electron chi connectivity index (χ4n) is 1.73. The Bertz CT molecular complexity index is 517. The zero-order chi connectivity index (χ0) is 11.7. The molecular weight excluding hydrogens is 266 g/mol. The van der Waals surface area contributed by atoms with Crippen molar-refractivity contribution >= 4 is 15.9 Å². The molecule has 84 valence electrons. The molecule has 0 unspecified atom stereocenters. The lowest BCUT2D eigenvalue weighted by Crippen LogP contribution is -2.04. The summed E-state index contributed by atoms with van der Waals surface area (Å²) in [6.07, 6.45) is 0. The van der Waals surface area contributed by atoms with Gasteiger partial charge in [-0.15, -0.1) is 0 Å². The van der Waals surface area contributed by atoms with Gasteiger partial charge in [0.05, 0.1) is 10.2 Å². The summed E-state index contributed by atoms with van der Waals surface area (Å²) in [7, 11) is 1.91. The van der Waals surface area contributed by atoms with Crippen molar-refractivity contribution in [1.29, 1.82) is 0 Å². The molecule has 0 fully saturated rings. The minimum absolute atomic E-state index is 0.482. The highest BCUT2D eigenvalue weighted by atomic mass is 79.9. The molecule has 1 heterocycles. The van der Waals surface area contributed by atoms with Crippen LogP contribution in [0.4, 0.5) is 0 Å². The van der Waals surface area contributed by atoms with Crippen molar-refractivity contribution in [3.63, 3.8) is 0 Å². The number of nitrogens with two attached hydrogens (primary N) is 1. The maximum Gasteiger partial charge on any atom is 0.107 e. The molecule has 0 saturated carbocycles. The van der Waals surface area contributed by atoms with E-state index in [9.17, 15) is 0 Å². The van der Waals surface area contributed by atoms with Crippen LogP contribution in [0.2, 0.25) is 0 Å². The molecule has 4 heteroatoms. The smallest absolute Gasteiger partial charge is 0.107 e. The van der Waals surface area contributed by atoms with Crippen LogP contribution in [0, 0.1) is 6.92 Å². The van der Waals surface area contributed by atoms with Crippen molar-refractivity contribution in [2.45, 2.75) is 13.5 Å². The Morgan fingerprint density at radius 3 is 2.75 bits per heavy atom. The van der Waals surface area contributed by atoms with Crippen molar-refractivity contribution in [3.8, 4) is 11.3 Å². The molecule has 0 amide bonds. The lowest BCUT2D eigenvalue weighted by Gasteiger charge is -1.99. The second-order valence-corrected chi connectivity index (χ2v) is 4.60. The molecular formula is C12H14BrN3. The third kappa shape index (κ3) is 1.90. The third-order valence-electron chi connectivity index (χ3n) is 2.59. The molecule has 0 aliphatic heterocycles. The zero-order valence-corrected chi connectivity index (χ0v) is 11.0. The summed E-state index contributed by atoms with van der Waals surface area (Å²) in [5.74, 6) is 0. The first-order chi connectivity index (χ1) is 7.63. The fourth-order valence-corrected chi connectivity index (χ4v) is 2.46. The average Bonchev–Trinajstić information content (AvgIpc) is 2.54. The van der Waals surface area contributed by atoms with Crippen LogP contribution in [-0.4, -0.2) is 9.78 Å². The standard InChI is InChI=1S/C12H14BrN3/c1-8-4-3-5-9(6-8)12-11(13)10(7-14)16(2)15-12/h3-6H,7,14H2,1-2H3. The molecule has 1 aromatic heterocycles. The number of rotatable bonds is 2. The number of nitrogens with zero attached hydrogens (tertiary/aromatic N) is 2. The maximum atomic E-state index is 5.68. The van der Waals surface area contributed by atoms with Gasteiger partial charge in [0.2, 0.25) is 0 Å². The van der Waals surface area contributed by atoms with Gasteiger partial charge in [-0.2, -0.15) is 5.10 Å². The van der Waals surface area contributed by atoms with Crippen molar-refractivity contribution in [2.75, 3.05) is 0 Å². The minimum atomic E-state index is 0.482. The molecule has 0 spiro atoms. The van der Waals surface area contributed by atoms with E-state index in [-0.39, 0.29) is 0 Å². The van der Waals surface area contributed by atoms with E-state index in [0.717, 1.165) is 21.4 Å². The van der Waals surface area contributed by atoms with Crippen LogP contribution in [-0.2, 0) is 13.6 Å². The van der Waals surface area contributed by atoms with E-state index in [0.29, 0.717) is 6.54 Å². The van der Waals surface area contributed by atoms with E-state index >= 15 is 0 Å². The van der Waals surface area contributed by atoms with Crippen LogP contribution < -0.4 is 5.73 Å². The summed E-state index contributed by atoms with van der Waals surface area (Å²) >= 11 is 3.56. The minimum Gasteiger partial charge on any atom is -0.325 e. The van der Waals surface area contributed by atoms with E-state index in [1.54, 1.807) is 0 Å². The second kappa shape index (κ2) is 4.39. The van der Waals surface area contributed by atoms with Crippen LogP contribution >= 0.6 is 15.9 Å². The van der Waals surface area contributed by atoms with Crippen LogP contribution in [0.15, 0.2) is 28.7 Å². The number of aromatic nitrogens is 2. The predicted molar refractivity (Wildman–Crippen MR) is 69.0 cm³/mol. The van der Waals surface area contributed by atoms with Crippen LogP contribution in [0.5, 0.6) is 0 Å². The van der Waals surface area contributed by atoms with E-state index in [4.69, 9.17) is 5.73 Å². The zero-order valence-electron chi connectivity index (χ0n) is 9.37. The van der Waals surface area contributed by atoms with Crippen molar-refractivity contribution < 1.29 is 0 Å². The molecule has 0 atom stereocenters. The summed E-state index contributed by atoms with van der Waals surface area (Å²) in [5, 5.41) is 4.48. The molecule has 2 aromatic rings. The first-order valence-electron chi connectivity index (χ1n) is 5.12. The molecule has 0 radical (unpaired) electrons. The quantitative estimate of drug-likeness (QED) is 0.919. The highest BCUT2D eigenvalue weighted by Crippen LogP contribution is 2.30. The van der Waals surface area contributed by atoms with Gasteiger partial charge in [-0.25, -0.2) is 0 Å². The Balaban J connectivity index is 2.56. The molecule has 0 aliphatic rings. The molecule has 2 N–H and O–H groups in total. The van der Waals surface area contributed by atoms with Gasteiger partial charge < -0.3 is 5.73 Å². The summed E-state index contributed by atoms with van der Waals surface area (Å²) in [5.41, 5.74) is 9.98. The lowest BCUT2D eigenvalue weighted by molar-refractivity contribution is 0.713. The highest BCUT2D eigenvalue weighted by molar-refractivity contribution is 9.10. The Labute approximate surface area is 103 Å². The molecule has 16 heavy (non-hydrogen) atoms. The molecule has 2 rings (SSSR count). The monoisotopic (exact) mass is 279 g/mol. The molecule has 0 aliphatic carbocycles. The summed E-state index contributed by atoms with van der Waals surface area (Å²) in [4.78, 5) is 0. The molecule has 0 bridgehead atoms. The Hall–Kier alpha value is -1.13. The van der Waals surface area contributed by atoms with Crippen LogP contribution in [0.25, 0.3) is 11.3 Å². The fraction of sp³-hybridized carbons (Fsp3) is 0.250. The summed E-state index contributed by atoms with van der Waals surface area (Å²) < 4.78 is 2.81. The number of benzene rings is 1. The van der Waals surface area contributed by atoms with Gasteiger partial charge >= 0.3 is 0 Å². The van der Waals surface area contributed by atoms with E-state index in [2.05, 4.69) is 46.2 Å². The molecule has 0 saturated heterocycles. The SMILES string of the molecule is Cc1cccc(-c2nn(C)c(CN)c2Br)c1. The normalized spacial score (nSPS) is 10.8. The topological polar surface area (TPSA) is 43.8 Å². The first-order valence-corrected chi connectivity index (χ1v) is 5.91. The predicted octanol–water partition coefficient (Wildman–Crippen LogP) is 2.62. The highest BCUT2D eigenvalue weighted by Gasteiger charge is 2.13. The maximum absolute atomic E-state index is 5.68. The Morgan fingerprint density at radius 1 is 1.44 bits per heavy atom. The molecule has 1 aromatic carbocycles. The van der Waals surface area contributed by atoms with Crippen molar-refractivity contribution in [3.05, 3.63) is 40.0 Å². The largest absolute Gasteiger partial charge is 0.325 e. The summed E-state index contributed by atoms with van der Waals surface area (Å²) in [6.45, 7) is 2.56. The average molecular weight is 280 g/mol. The van der Waals surface area contributed by atoms with Crippen LogP contribution in [0.3, 0.4) is 0 Å². The number of hydrogen-bond donors (Lipinski definition) is 1. The number of halogens is 1. The van der Waals surface area contributed by atoms with Gasteiger partial charge in [-0.1, -0.05) is 23.8 Å². The molecule has 3 nitrogen and oxygen atoms in total. The van der Waals surface area contributed by atoms with Gasteiger partial charge in [0.15, 0.2) is 0 Å². The van der Waals surface area contributed by atoms with Gasteiger partial charge in [0.25, 0.3) is 0 Å².